The first-order valence-electron chi connectivity index (χ1n) is 6.08. The molecule has 4 nitrogen and oxygen atoms in total. The van der Waals surface area contributed by atoms with Gasteiger partial charge in [0, 0.05) is 24.8 Å². The Kier molecular flexibility index (Phi) is 2.73. The fourth-order valence-electron chi connectivity index (χ4n) is 2.25. The van der Waals surface area contributed by atoms with Gasteiger partial charge < -0.3 is 14.9 Å². The van der Waals surface area contributed by atoms with Crippen molar-refractivity contribution in [1.29, 1.82) is 0 Å². The first-order chi connectivity index (χ1) is 8.31. The van der Waals surface area contributed by atoms with Gasteiger partial charge in [-0.25, -0.2) is 4.98 Å². The summed E-state index contributed by atoms with van der Waals surface area (Å²) in [7, 11) is 0. The lowest BCUT2D eigenvalue weighted by Crippen LogP contribution is -2.06. The summed E-state index contributed by atoms with van der Waals surface area (Å²) in [6, 6.07) is 5.55. The van der Waals surface area contributed by atoms with Crippen molar-refractivity contribution in [3.8, 4) is 0 Å². The molecule has 1 aliphatic heterocycles. The van der Waals surface area contributed by atoms with Crippen LogP contribution in [0.15, 0.2) is 22.6 Å². The molecule has 1 atom stereocenters. The molecule has 1 saturated heterocycles. The highest BCUT2D eigenvalue weighted by molar-refractivity contribution is 5.76. The van der Waals surface area contributed by atoms with E-state index in [9.17, 15) is 0 Å². The molecule has 2 heterocycles. The van der Waals surface area contributed by atoms with E-state index in [1.165, 1.54) is 6.42 Å². The van der Waals surface area contributed by atoms with E-state index in [0.29, 0.717) is 11.8 Å². The quantitative estimate of drug-likeness (QED) is 0.826. The van der Waals surface area contributed by atoms with Crippen molar-refractivity contribution in [2.75, 3.05) is 12.3 Å². The monoisotopic (exact) mass is 232 g/mol. The summed E-state index contributed by atoms with van der Waals surface area (Å²) in [6.45, 7) is 0.898. The highest BCUT2D eigenvalue weighted by Crippen LogP contribution is 2.21. The minimum atomic E-state index is 0.384. The topological polar surface area (TPSA) is 61.3 Å². The zero-order valence-corrected chi connectivity index (χ0v) is 9.69. The lowest BCUT2D eigenvalue weighted by Gasteiger charge is -2.05. The number of aromatic nitrogens is 1. The zero-order valence-electron chi connectivity index (χ0n) is 9.69. The summed E-state index contributed by atoms with van der Waals surface area (Å²) in [5.41, 5.74) is 8.05. The molecular weight excluding hydrogens is 216 g/mol. The highest BCUT2D eigenvalue weighted by Gasteiger charge is 2.16. The van der Waals surface area contributed by atoms with E-state index in [4.69, 9.17) is 14.9 Å². The second kappa shape index (κ2) is 4.37. The summed E-state index contributed by atoms with van der Waals surface area (Å²) in [5.74, 6) is 0.779. The number of hydrogen-bond donors (Lipinski definition) is 1. The van der Waals surface area contributed by atoms with Crippen molar-refractivity contribution < 1.29 is 9.15 Å². The van der Waals surface area contributed by atoms with Crippen molar-refractivity contribution in [2.24, 2.45) is 0 Å². The van der Waals surface area contributed by atoms with Gasteiger partial charge in [0.15, 0.2) is 11.5 Å². The lowest BCUT2D eigenvalue weighted by molar-refractivity contribution is 0.103. The van der Waals surface area contributed by atoms with Crippen LogP contribution in [0, 0.1) is 0 Å². The largest absolute Gasteiger partial charge is 0.441 e. The molecule has 0 aliphatic carbocycles. The second-order valence-electron chi connectivity index (χ2n) is 4.51. The normalized spacial score (nSPS) is 20.1. The zero-order chi connectivity index (χ0) is 11.7. The molecule has 2 N–H and O–H groups in total. The Bertz CT molecular complexity index is 515. The molecule has 3 rings (SSSR count). The van der Waals surface area contributed by atoms with Gasteiger partial charge in [-0.2, -0.15) is 0 Å². The average molecular weight is 232 g/mol. The fourth-order valence-corrected chi connectivity index (χ4v) is 2.25. The van der Waals surface area contributed by atoms with Gasteiger partial charge >= 0.3 is 0 Å². The van der Waals surface area contributed by atoms with E-state index in [0.717, 1.165) is 42.9 Å². The van der Waals surface area contributed by atoms with Crippen molar-refractivity contribution in [1.82, 2.24) is 4.98 Å². The molecule has 1 aromatic carbocycles. The van der Waals surface area contributed by atoms with Gasteiger partial charge in [-0.1, -0.05) is 0 Å². The smallest absolute Gasteiger partial charge is 0.195 e. The van der Waals surface area contributed by atoms with Gasteiger partial charge in [-0.15, -0.1) is 0 Å². The van der Waals surface area contributed by atoms with Crippen LogP contribution in [-0.4, -0.2) is 17.7 Å². The van der Waals surface area contributed by atoms with Crippen LogP contribution in [-0.2, 0) is 11.2 Å². The molecule has 1 aliphatic rings. The maximum atomic E-state index is 5.70. The number of anilines is 1. The van der Waals surface area contributed by atoms with E-state index in [1.807, 2.05) is 18.2 Å². The number of hydrogen-bond acceptors (Lipinski definition) is 4. The van der Waals surface area contributed by atoms with Crippen LogP contribution >= 0.6 is 0 Å². The Balaban J connectivity index is 1.72. The Morgan fingerprint density at radius 1 is 1.41 bits per heavy atom. The summed E-state index contributed by atoms with van der Waals surface area (Å²) in [6.07, 6.45) is 4.54. The van der Waals surface area contributed by atoms with E-state index < -0.39 is 0 Å². The molecule has 1 aromatic heterocycles. The third kappa shape index (κ3) is 2.26. The fraction of sp³-hybridized carbons (Fsp3) is 0.462. The van der Waals surface area contributed by atoms with Crippen molar-refractivity contribution in [3.05, 3.63) is 24.1 Å². The predicted molar refractivity (Wildman–Crippen MR) is 65.7 cm³/mol. The van der Waals surface area contributed by atoms with Crippen LogP contribution < -0.4 is 5.73 Å². The number of nitrogens with zero attached hydrogens (tertiary/aromatic N) is 1. The molecule has 0 amide bonds. The van der Waals surface area contributed by atoms with Gasteiger partial charge in [-0.3, -0.25) is 0 Å². The van der Waals surface area contributed by atoms with Crippen LogP contribution in [0.1, 0.15) is 25.2 Å². The van der Waals surface area contributed by atoms with Gasteiger partial charge in [0.1, 0.15) is 5.52 Å². The third-order valence-electron chi connectivity index (χ3n) is 3.16. The number of ether oxygens (including phenoxy) is 1. The van der Waals surface area contributed by atoms with Crippen LogP contribution in [0.2, 0.25) is 0 Å². The van der Waals surface area contributed by atoms with Gasteiger partial charge in [0.2, 0.25) is 0 Å². The van der Waals surface area contributed by atoms with Gasteiger partial charge in [-0.05, 0) is 31.4 Å². The number of aryl methyl sites for hydroxylation is 1. The summed E-state index contributed by atoms with van der Waals surface area (Å²) >= 11 is 0. The Labute approximate surface area is 99.8 Å². The molecule has 2 aromatic rings. The maximum absolute atomic E-state index is 5.70. The van der Waals surface area contributed by atoms with E-state index in [2.05, 4.69) is 4.98 Å². The number of benzene rings is 1. The Hall–Kier alpha value is -1.55. The molecule has 1 fully saturated rings. The number of fused-ring (bicyclic) bond motifs is 1. The van der Waals surface area contributed by atoms with Crippen LogP contribution in [0.3, 0.4) is 0 Å². The molecule has 0 bridgehead atoms. The second-order valence-corrected chi connectivity index (χ2v) is 4.51. The molecule has 0 saturated carbocycles. The first kappa shape index (κ1) is 10.6. The lowest BCUT2D eigenvalue weighted by atomic mass is 10.1. The Morgan fingerprint density at radius 2 is 2.35 bits per heavy atom. The van der Waals surface area contributed by atoms with Crippen molar-refractivity contribution in [2.45, 2.75) is 31.8 Å². The minimum absolute atomic E-state index is 0.384. The van der Waals surface area contributed by atoms with E-state index >= 15 is 0 Å². The average Bonchev–Trinajstić information content (AvgIpc) is 2.94. The van der Waals surface area contributed by atoms with Crippen molar-refractivity contribution in [3.63, 3.8) is 0 Å². The maximum Gasteiger partial charge on any atom is 0.195 e. The molecule has 0 radical (unpaired) electrons. The van der Waals surface area contributed by atoms with Crippen LogP contribution in [0.5, 0.6) is 0 Å². The molecule has 1 unspecified atom stereocenters. The summed E-state index contributed by atoms with van der Waals surface area (Å²) in [4.78, 5) is 4.44. The Morgan fingerprint density at radius 3 is 3.18 bits per heavy atom. The van der Waals surface area contributed by atoms with Crippen molar-refractivity contribution >= 4 is 16.8 Å². The standard InChI is InChI=1S/C13H16N2O2/c14-9-3-5-11-12(8-9)17-13(15-11)6-4-10-2-1-7-16-10/h3,5,8,10H,1-2,4,6-7,14H2. The van der Waals surface area contributed by atoms with E-state index in [-0.39, 0.29) is 0 Å². The van der Waals surface area contributed by atoms with E-state index in [1.54, 1.807) is 0 Å². The molecular formula is C13H16N2O2. The third-order valence-corrected chi connectivity index (χ3v) is 3.16. The molecule has 17 heavy (non-hydrogen) atoms. The van der Waals surface area contributed by atoms with Crippen LogP contribution in [0.4, 0.5) is 5.69 Å². The minimum Gasteiger partial charge on any atom is -0.441 e. The number of rotatable bonds is 3. The van der Waals surface area contributed by atoms with Crippen LogP contribution in [0.25, 0.3) is 11.1 Å². The summed E-state index contributed by atoms with van der Waals surface area (Å²) < 4.78 is 11.2. The molecule has 4 heteroatoms. The summed E-state index contributed by atoms with van der Waals surface area (Å²) in [5, 5.41) is 0. The highest BCUT2D eigenvalue weighted by atomic mass is 16.5. The predicted octanol–water partition coefficient (Wildman–Crippen LogP) is 2.52. The SMILES string of the molecule is Nc1ccc2nc(CCC3CCCO3)oc2c1. The number of nitrogen functional groups attached to an aromatic ring is 1. The number of oxazole rings is 1. The molecule has 90 valence electrons. The molecule has 0 spiro atoms. The first-order valence-corrected chi connectivity index (χ1v) is 6.08. The van der Waals surface area contributed by atoms with Gasteiger partial charge in [0.05, 0.1) is 6.10 Å². The number of nitrogens with two attached hydrogens (primary N) is 1. The van der Waals surface area contributed by atoms with Gasteiger partial charge in [0.25, 0.3) is 0 Å².